The van der Waals surface area contributed by atoms with E-state index in [0.29, 0.717) is 6.07 Å². The predicted octanol–water partition coefficient (Wildman–Crippen LogP) is 1.35. The lowest BCUT2D eigenvalue weighted by Gasteiger charge is -2.11. The van der Waals surface area contributed by atoms with Gasteiger partial charge in [-0.2, -0.15) is 0 Å². The van der Waals surface area contributed by atoms with Crippen molar-refractivity contribution >= 4 is 23.1 Å². The van der Waals surface area contributed by atoms with E-state index in [0.717, 1.165) is 26.2 Å². The summed E-state index contributed by atoms with van der Waals surface area (Å²) in [4.78, 5) is 42.9. The number of hydrogen-bond donors (Lipinski definition) is 0. The quantitative estimate of drug-likeness (QED) is 0.344. The molecule has 0 radical (unpaired) electrons. The molecule has 9 heteroatoms. The number of nitro groups is 2. The Morgan fingerprint density at radius 1 is 1.20 bits per heavy atom. The SMILES string of the molecule is COC(=O)C(C(C)=O)c1ccc([N+](=O)[O-])cc1[N+](=O)[O-]. The van der Waals surface area contributed by atoms with Crippen LogP contribution in [0.5, 0.6) is 0 Å². The molecule has 1 aromatic rings. The Kier molecular flexibility index (Phi) is 4.46. The minimum atomic E-state index is -1.48. The van der Waals surface area contributed by atoms with Crippen LogP contribution >= 0.6 is 0 Å². The summed E-state index contributed by atoms with van der Waals surface area (Å²) >= 11 is 0. The van der Waals surface area contributed by atoms with Gasteiger partial charge in [0.2, 0.25) is 0 Å². The maximum absolute atomic E-state index is 11.5. The molecule has 0 saturated carbocycles. The molecule has 1 rings (SSSR count). The summed E-state index contributed by atoms with van der Waals surface area (Å²) in [6.07, 6.45) is 0. The highest BCUT2D eigenvalue weighted by atomic mass is 16.6. The molecule has 1 aromatic carbocycles. The van der Waals surface area contributed by atoms with Crippen LogP contribution < -0.4 is 0 Å². The van der Waals surface area contributed by atoms with Crippen molar-refractivity contribution in [1.29, 1.82) is 0 Å². The highest BCUT2D eigenvalue weighted by Gasteiger charge is 2.33. The van der Waals surface area contributed by atoms with Crippen molar-refractivity contribution in [1.82, 2.24) is 0 Å². The number of esters is 1. The Balaban J connectivity index is 3.49. The maximum Gasteiger partial charge on any atom is 0.320 e. The zero-order valence-corrected chi connectivity index (χ0v) is 10.6. The number of carbonyl (C=O) groups excluding carboxylic acids is 2. The summed E-state index contributed by atoms with van der Waals surface area (Å²) in [5.74, 6) is -3.11. The second kappa shape index (κ2) is 5.87. The van der Waals surface area contributed by atoms with Crippen molar-refractivity contribution in [3.8, 4) is 0 Å². The molecular weight excluding hydrogens is 272 g/mol. The van der Waals surface area contributed by atoms with Crippen molar-refractivity contribution in [2.24, 2.45) is 0 Å². The average Bonchev–Trinajstić information content (AvgIpc) is 2.38. The van der Waals surface area contributed by atoms with Gasteiger partial charge in [0.15, 0.2) is 0 Å². The molecule has 0 aliphatic carbocycles. The first-order chi connectivity index (χ1) is 9.29. The number of nitro benzene ring substituents is 2. The number of nitrogens with zero attached hydrogens (tertiary/aromatic N) is 2. The Morgan fingerprint density at radius 3 is 2.20 bits per heavy atom. The number of benzene rings is 1. The van der Waals surface area contributed by atoms with Gasteiger partial charge in [-0.05, 0) is 13.0 Å². The second-order valence-corrected chi connectivity index (χ2v) is 3.82. The Labute approximate surface area is 112 Å². The lowest BCUT2D eigenvalue weighted by Crippen LogP contribution is -2.22. The van der Waals surface area contributed by atoms with E-state index in [4.69, 9.17) is 0 Å². The third-order valence-corrected chi connectivity index (χ3v) is 2.58. The van der Waals surface area contributed by atoms with Crippen molar-refractivity contribution < 1.29 is 24.2 Å². The van der Waals surface area contributed by atoms with Gasteiger partial charge in [-0.15, -0.1) is 0 Å². The number of methoxy groups -OCH3 is 1. The first-order valence-corrected chi connectivity index (χ1v) is 5.30. The molecule has 0 heterocycles. The van der Waals surface area contributed by atoms with Gasteiger partial charge in [0, 0.05) is 6.07 Å². The number of carbonyl (C=O) groups is 2. The topological polar surface area (TPSA) is 130 Å². The van der Waals surface area contributed by atoms with Crippen molar-refractivity contribution in [2.75, 3.05) is 7.11 Å². The van der Waals surface area contributed by atoms with Gasteiger partial charge >= 0.3 is 5.97 Å². The highest BCUT2D eigenvalue weighted by molar-refractivity contribution is 6.04. The number of hydrogen-bond acceptors (Lipinski definition) is 7. The van der Waals surface area contributed by atoms with Crippen LogP contribution in [0.25, 0.3) is 0 Å². The lowest BCUT2D eigenvalue weighted by molar-refractivity contribution is -0.394. The fourth-order valence-corrected chi connectivity index (χ4v) is 1.68. The van der Waals surface area contributed by atoms with Crippen LogP contribution in [0.3, 0.4) is 0 Å². The molecule has 1 atom stereocenters. The molecular formula is C11H10N2O7. The number of ether oxygens (including phenoxy) is 1. The van der Waals surface area contributed by atoms with E-state index < -0.39 is 38.9 Å². The van der Waals surface area contributed by atoms with Crippen LogP contribution in [0.2, 0.25) is 0 Å². The maximum atomic E-state index is 11.5. The summed E-state index contributed by atoms with van der Waals surface area (Å²) in [6.45, 7) is 1.08. The monoisotopic (exact) mass is 282 g/mol. The normalized spacial score (nSPS) is 11.5. The Hall–Kier alpha value is -2.84. The van der Waals surface area contributed by atoms with E-state index in [1.54, 1.807) is 0 Å². The lowest BCUT2D eigenvalue weighted by atomic mass is 9.93. The zero-order chi connectivity index (χ0) is 15.4. The van der Waals surface area contributed by atoms with E-state index in [2.05, 4.69) is 4.74 Å². The molecule has 0 aliphatic heterocycles. The molecule has 0 spiro atoms. The molecule has 0 amide bonds. The standard InChI is InChI=1S/C11H10N2O7/c1-6(14)10(11(15)20-2)8-4-3-7(12(16)17)5-9(8)13(18)19/h3-5,10H,1-2H3. The molecule has 0 saturated heterocycles. The van der Waals surface area contributed by atoms with Crippen LogP contribution in [-0.2, 0) is 14.3 Å². The first kappa shape index (κ1) is 15.2. The molecule has 20 heavy (non-hydrogen) atoms. The smallest absolute Gasteiger partial charge is 0.320 e. The van der Waals surface area contributed by atoms with E-state index in [-0.39, 0.29) is 5.56 Å². The summed E-state index contributed by atoms with van der Waals surface area (Å²) in [5, 5.41) is 21.6. The van der Waals surface area contributed by atoms with Crippen LogP contribution in [0, 0.1) is 20.2 Å². The molecule has 0 bridgehead atoms. The first-order valence-electron chi connectivity index (χ1n) is 5.30. The highest BCUT2D eigenvalue weighted by Crippen LogP contribution is 2.31. The van der Waals surface area contributed by atoms with Gasteiger partial charge in [0.1, 0.15) is 11.7 Å². The van der Waals surface area contributed by atoms with Crippen LogP contribution in [0.15, 0.2) is 18.2 Å². The number of Topliss-reactive ketones (excluding diaryl/α,β-unsaturated/α-hetero) is 1. The predicted molar refractivity (Wildman–Crippen MR) is 65.2 cm³/mol. The van der Waals surface area contributed by atoms with Gasteiger partial charge in [-0.1, -0.05) is 0 Å². The number of non-ortho nitro benzene ring substituents is 1. The average molecular weight is 282 g/mol. The number of rotatable bonds is 5. The van der Waals surface area contributed by atoms with Crippen molar-refractivity contribution in [2.45, 2.75) is 12.8 Å². The summed E-state index contributed by atoms with van der Waals surface area (Å²) in [7, 11) is 1.04. The van der Waals surface area contributed by atoms with Crippen molar-refractivity contribution in [3.63, 3.8) is 0 Å². The number of ketones is 1. The van der Waals surface area contributed by atoms with E-state index in [1.807, 2.05) is 0 Å². The van der Waals surface area contributed by atoms with E-state index in [1.165, 1.54) is 0 Å². The fourth-order valence-electron chi connectivity index (χ4n) is 1.68. The second-order valence-electron chi connectivity index (χ2n) is 3.82. The zero-order valence-electron chi connectivity index (χ0n) is 10.6. The third kappa shape index (κ3) is 2.94. The largest absolute Gasteiger partial charge is 0.468 e. The van der Waals surface area contributed by atoms with Crippen LogP contribution in [0.1, 0.15) is 18.4 Å². The van der Waals surface area contributed by atoms with Gasteiger partial charge in [0.05, 0.1) is 28.6 Å². The Bertz CT molecular complexity index is 596. The summed E-state index contributed by atoms with van der Waals surface area (Å²) in [6, 6.07) is 2.70. The van der Waals surface area contributed by atoms with E-state index in [9.17, 15) is 29.8 Å². The molecule has 1 unspecified atom stereocenters. The molecule has 106 valence electrons. The van der Waals surface area contributed by atoms with Crippen LogP contribution in [-0.4, -0.2) is 28.7 Å². The van der Waals surface area contributed by atoms with Gasteiger partial charge in [-0.3, -0.25) is 29.8 Å². The summed E-state index contributed by atoms with van der Waals surface area (Å²) in [5.41, 5.74) is -1.42. The van der Waals surface area contributed by atoms with Crippen molar-refractivity contribution in [3.05, 3.63) is 44.0 Å². The third-order valence-electron chi connectivity index (χ3n) is 2.58. The van der Waals surface area contributed by atoms with Gasteiger partial charge < -0.3 is 4.74 Å². The molecule has 0 aliphatic rings. The minimum Gasteiger partial charge on any atom is -0.468 e. The minimum absolute atomic E-state index is 0.236. The van der Waals surface area contributed by atoms with Gasteiger partial charge in [-0.25, -0.2) is 0 Å². The molecule has 0 N–H and O–H groups in total. The van der Waals surface area contributed by atoms with Crippen LogP contribution in [0.4, 0.5) is 11.4 Å². The Morgan fingerprint density at radius 2 is 1.80 bits per heavy atom. The van der Waals surface area contributed by atoms with E-state index >= 15 is 0 Å². The summed E-state index contributed by atoms with van der Waals surface area (Å²) < 4.78 is 4.42. The molecule has 0 fully saturated rings. The molecule has 0 aromatic heterocycles. The van der Waals surface area contributed by atoms with Gasteiger partial charge in [0.25, 0.3) is 11.4 Å². The fraction of sp³-hybridized carbons (Fsp3) is 0.273. The molecule has 9 nitrogen and oxygen atoms in total.